The van der Waals surface area contributed by atoms with Gasteiger partial charge in [-0.1, -0.05) is 0 Å². The van der Waals surface area contributed by atoms with Gasteiger partial charge in [-0.05, 0) is 18.2 Å². The zero-order chi connectivity index (χ0) is 11.3. The van der Waals surface area contributed by atoms with E-state index in [9.17, 15) is 9.18 Å². The van der Waals surface area contributed by atoms with Crippen molar-refractivity contribution in [2.24, 2.45) is 0 Å². The van der Waals surface area contributed by atoms with Crippen LogP contribution < -0.4 is 0 Å². The summed E-state index contributed by atoms with van der Waals surface area (Å²) in [5.41, 5.74) is 0.487. The van der Waals surface area contributed by atoms with Crippen molar-refractivity contribution in [2.45, 2.75) is 6.61 Å². The van der Waals surface area contributed by atoms with Crippen molar-refractivity contribution in [3.05, 3.63) is 35.1 Å². The maximum atomic E-state index is 13.1. The minimum absolute atomic E-state index is 0.159. The number of nitrogens with zero attached hydrogens (tertiary/aromatic N) is 1. The maximum Gasteiger partial charge on any atom is 0.329 e. The van der Waals surface area contributed by atoms with E-state index in [1.807, 2.05) is 6.07 Å². The van der Waals surface area contributed by atoms with Crippen molar-refractivity contribution in [1.82, 2.24) is 0 Å². The van der Waals surface area contributed by atoms with Crippen molar-refractivity contribution in [3.63, 3.8) is 0 Å². The maximum absolute atomic E-state index is 13.1. The quantitative estimate of drug-likeness (QED) is 0.811. The molecule has 78 valence electrons. The molecule has 15 heavy (non-hydrogen) atoms. The first kappa shape index (κ1) is 11.1. The summed E-state index contributed by atoms with van der Waals surface area (Å²) >= 11 is 0. The van der Waals surface area contributed by atoms with E-state index in [1.54, 1.807) is 0 Å². The van der Waals surface area contributed by atoms with E-state index in [2.05, 4.69) is 0 Å². The molecule has 5 heteroatoms. The van der Waals surface area contributed by atoms with Gasteiger partial charge in [-0.2, -0.15) is 5.26 Å². The second kappa shape index (κ2) is 5.08. The number of carbonyl (C=O) groups is 1. The summed E-state index contributed by atoms with van der Waals surface area (Å²) in [6.45, 7) is -0.649. The van der Waals surface area contributed by atoms with Gasteiger partial charge in [0.25, 0.3) is 0 Å². The van der Waals surface area contributed by atoms with E-state index in [0.29, 0.717) is 5.56 Å². The lowest BCUT2D eigenvalue weighted by atomic mass is 10.1. The molecule has 0 amide bonds. The highest BCUT2D eigenvalue weighted by Crippen LogP contribution is 2.11. The van der Waals surface area contributed by atoms with Crippen molar-refractivity contribution in [1.29, 1.82) is 5.26 Å². The molecule has 0 saturated carbocycles. The van der Waals surface area contributed by atoms with Crippen LogP contribution in [0.3, 0.4) is 0 Å². The Hall–Kier alpha value is -1.93. The number of ether oxygens (including phenoxy) is 1. The van der Waals surface area contributed by atoms with Crippen LogP contribution in [0.4, 0.5) is 4.39 Å². The SMILES string of the molecule is N#Cc1ccc(F)c(COCC(=O)O)c1. The second-order valence-electron chi connectivity index (χ2n) is 2.80. The van der Waals surface area contributed by atoms with Crippen LogP contribution in [-0.4, -0.2) is 17.7 Å². The summed E-state index contributed by atoms with van der Waals surface area (Å²) in [5.74, 6) is -1.63. The van der Waals surface area contributed by atoms with Crippen molar-refractivity contribution >= 4 is 5.97 Å². The van der Waals surface area contributed by atoms with Gasteiger partial charge in [0.1, 0.15) is 12.4 Å². The van der Waals surface area contributed by atoms with Crippen LogP contribution in [0.25, 0.3) is 0 Å². The summed E-state index contributed by atoms with van der Waals surface area (Å²) in [7, 11) is 0. The van der Waals surface area contributed by atoms with Crippen LogP contribution in [0.15, 0.2) is 18.2 Å². The fraction of sp³-hybridized carbons (Fsp3) is 0.200. The first-order valence-corrected chi connectivity index (χ1v) is 4.11. The summed E-state index contributed by atoms with van der Waals surface area (Å²) < 4.78 is 17.8. The zero-order valence-corrected chi connectivity index (χ0v) is 7.74. The lowest BCUT2D eigenvalue weighted by molar-refractivity contribution is -0.142. The Kier molecular flexibility index (Phi) is 3.77. The summed E-state index contributed by atoms with van der Waals surface area (Å²) in [4.78, 5) is 10.1. The smallest absolute Gasteiger partial charge is 0.329 e. The largest absolute Gasteiger partial charge is 0.480 e. The summed E-state index contributed by atoms with van der Waals surface area (Å²) in [6, 6.07) is 5.68. The Morgan fingerprint density at radius 3 is 2.93 bits per heavy atom. The van der Waals surface area contributed by atoms with E-state index in [4.69, 9.17) is 15.1 Å². The van der Waals surface area contributed by atoms with Crippen LogP contribution in [0.5, 0.6) is 0 Å². The molecule has 0 radical (unpaired) electrons. The molecule has 1 aromatic rings. The van der Waals surface area contributed by atoms with Gasteiger partial charge < -0.3 is 9.84 Å². The number of aliphatic carboxylic acids is 1. The third kappa shape index (κ3) is 3.37. The topological polar surface area (TPSA) is 70.3 Å². The molecule has 0 heterocycles. The number of rotatable bonds is 4. The van der Waals surface area contributed by atoms with Gasteiger partial charge in [0.2, 0.25) is 0 Å². The fourth-order valence-corrected chi connectivity index (χ4v) is 1.00. The molecule has 0 fully saturated rings. The highest BCUT2D eigenvalue weighted by molar-refractivity contribution is 5.67. The van der Waals surface area contributed by atoms with Crippen LogP contribution in [-0.2, 0) is 16.1 Å². The average Bonchev–Trinajstić information content (AvgIpc) is 2.20. The molecule has 0 spiro atoms. The Bertz CT molecular complexity index is 412. The highest BCUT2D eigenvalue weighted by Gasteiger charge is 2.05. The number of carboxylic acids is 1. The third-order valence-electron chi connectivity index (χ3n) is 1.66. The molecule has 4 nitrogen and oxygen atoms in total. The number of halogens is 1. The normalized spacial score (nSPS) is 9.60. The molecule has 0 saturated heterocycles. The van der Waals surface area contributed by atoms with Crippen molar-refractivity contribution < 1.29 is 19.0 Å². The Balaban J connectivity index is 2.68. The number of carboxylic acid groups (broad SMARTS) is 1. The first-order chi connectivity index (χ1) is 7.13. The van der Waals surface area contributed by atoms with Crippen LogP contribution in [0, 0.1) is 17.1 Å². The Morgan fingerprint density at radius 2 is 2.33 bits per heavy atom. The lowest BCUT2D eigenvalue weighted by Gasteiger charge is -2.03. The predicted octanol–water partition coefficient (Wildman–Crippen LogP) is 1.30. The minimum Gasteiger partial charge on any atom is -0.480 e. The van der Waals surface area contributed by atoms with Gasteiger partial charge in [0, 0.05) is 5.56 Å². The highest BCUT2D eigenvalue weighted by atomic mass is 19.1. The van der Waals surface area contributed by atoms with E-state index in [1.165, 1.54) is 12.1 Å². The zero-order valence-electron chi connectivity index (χ0n) is 7.74. The molecule has 1 rings (SSSR count). The summed E-state index contributed by atoms with van der Waals surface area (Å²) in [6.07, 6.45) is 0. The lowest BCUT2D eigenvalue weighted by Crippen LogP contribution is -2.07. The molecular weight excluding hydrogens is 201 g/mol. The number of nitriles is 1. The van der Waals surface area contributed by atoms with E-state index >= 15 is 0 Å². The monoisotopic (exact) mass is 209 g/mol. The second-order valence-corrected chi connectivity index (χ2v) is 2.80. The number of benzene rings is 1. The van der Waals surface area contributed by atoms with Crippen LogP contribution in [0.2, 0.25) is 0 Å². The fourth-order valence-electron chi connectivity index (χ4n) is 1.00. The molecule has 0 unspecified atom stereocenters. The molecule has 1 aromatic carbocycles. The van der Waals surface area contributed by atoms with Gasteiger partial charge in [-0.3, -0.25) is 0 Å². The van der Waals surface area contributed by atoms with Crippen molar-refractivity contribution in [2.75, 3.05) is 6.61 Å². The molecule has 0 aliphatic heterocycles. The number of hydrogen-bond donors (Lipinski definition) is 1. The van der Waals surface area contributed by atoms with E-state index < -0.39 is 18.4 Å². The van der Waals surface area contributed by atoms with Gasteiger partial charge in [0.15, 0.2) is 0 Å². The molecule has 0 aromatic heterocycles. The molecular formula is C10H8FNO3. The van der Waals surface area contributed by atoms with Crippen molar-refractivity contribution in [3.8, 4) is 6.07 Å². The van der Waals surface area contributed by atoms with Crippen LogP contribution in [0.1, 0.15) is 11.1 Å². The Labute approximate surface area is 85.5 Å². The Morgan fingerprint density at radius 1 is 1.60 bits per heavy atom. The van der Waals surface area contributed by atoms with Crippen LogP contribution >= 0.6 is 0 Å². The number of hydrogen-bond acceptors (Lipinski definition) is 3. The van der Waals surface area contributed by atoms with Gasteiger partial charge >= 0.3 is 5.97 Å². The molecule has 0 bridgehead atoms. The first-order valence-electron chi connectivity index (χ1n) is 4.11. The van der Waals surface area contributed by atoms with Gasteiger partial charge in [-0.25, -0.2) is 9.18 Å². The molecule has 0 aliphatic rings. The average molecular weight is 209 g/mol. The van der Waals surface area contributed by atoms with E-state index in [-0.39, 0.29) is 12.2 Å². The van der Waals surface area contributed by atoms with E-state index in [0.717, 1.165) is 6.07 Å². The molecule has 0 aliphatic carbocycles. The summed E-state index contributed by atoms with van der Waals surface area (Å²) in [5, 5.41) is 16.8. The van der Waals surface area contributed by atoms with Gasteiger partial charge in [-0.15, -0.1) is 0 Å². The van der Waals surface area contributed by atoms with Gasteiger partial charge in [0.05, 0.1) is 18.2 Å². The molecule has 1 N–H and O–H groups in total. The predicted molar refractivity (Wildman–Crippen MR) is 48.4 cm³/mol. The standard InChI is InChI=1S/C10H8FNO3/c11-9-2-1-7(4-12)3-8(9)5-15-6-10(13)14/h1-3H,5-6H2,(H,13,14). The third-order valence-corrected chi connectivity index (χ3v) is 1.66. The molecule has 0 atom stereocenters. The minimum atomic E-state index is -1.12.